The Kier molecular flexibility index (Phi) is 5.00. The van der Waals surface area contributed by atoms with E-state index in [-0.39, 0.29) is 0 Å². The van der Waals surface area contributed by atoms with Crippen molar-refractivity contribution in [2.75, 3.05) is 25.9 Å². The molecule has 0 bridgehead atoms. The minimum Gasteiger partial charge on any atom is -0.299 e. The molecule has 1 aliphatic heterocycles. The van der Waals surface area contributed by atoms with Gasteiger partial charge in [-0.2, -0.15) is 0 Å². The van der Waals surface area contributed by atoms with Gasteiger partial charge < -0.3 is 0 Å². The predicted molar refractivity (Wildman–Crippen MR) is 70.5 cm³/mol. The molecule has 106 valence electrons. The van der Waals surface area contributed by atoms with Crippen LogP contribution in [-0.4, -0.2) is 44.7 Å². The summed E-state index contributed by atoms with van der Waals surface area (Å²) in [5.41, 5.74) is 3.05. The number of hydroxylamine groups is 1. The smallest absolute Gasteiger partial charge is 0.211 e. The normalized spacial score (nSPS) is 27.7. The number of piperidine rings is 1. The molecule has 0 radical (unpaired) electrons. The zero-order valence-corrected chi connectivity index (χ0v) is 11.9. The van der Waals surface area contributed by atoms with Crippen molar-refractivity contribution in [2.45, 2.75) is 44.6 Å². The number of sulfonamides is 1. The maximum Gasteiger partial charge on any atom is 0.211 e. The van der Waals surface area contributed by atoms with Crippen LogP contribution < -0.4 is 5.48 Å². The highest BCUT2D eigenvalue weighted by Crippen LogP contribution is 2.21. The van der Waals surface area contributed by atoms with E-state index in [1.54, 1.807) is 4.31 Å². The van der Waals surface area contributed by atoms with E-state index in [0.717, 1.165) is 32.2 Å². The highest BCUT2D eigenvalue weighted by molar-refractivity contribution is 7.88. The van der Waals surface area contributed by atoms with Gasteiger partial charge in [0.15, 0.2) is 0 Å². The highest BCUT2D eigenvalue weighted by atomic mass is 32.2. The third kappa shape index (κ3) is 4.19. The molecular formula is C12H24N2O3S. The van der Waals surface area contributed by atoms with Crippen LogP contribution in [0, 0.1) is 5.92 Å². The van der Waals surface area contributed by atoms with Crippen LogP contribution in [0.25, 0.3) is 0 Å². The second-order valence-corrected chi connectivity index (χ2v) is 7.48. The van der Waals surface area contributed by atoms with Gasteiger partial charge in [0.1, 0.15) is 0 Å². The van der Waals surface area contributed by atoms with Crippen molar-refractivity contribution in [1.82, 2.24) is 9.79 Å². The van der Waals surface area contributed by atoms with E-state index in [9.17, 15) is 8.42 Å². The molecule has 0 amide bonds. The van der Waals surface area contributed by atoms with Gasteiger partial charge in [0.2, 0.25) is 10.0 Å². The van der Waals surface area contributed by atoms with Gasteiger partial charge in [0.05, 0.1) is 12.4 Å². The van der Waals surface area contributed by atoms with Crippen molar-refractivity contribution in [3.8, 4) is 0 Å². The van der Waals surface area contributed by atoms with Crippen LogP contribution in [-0.2, 0) is 14.9 Å². The summed E-state index contributed by atoms with van der Waals surface area (Å²) >= 11 is 0. The van der Waals surface area contributed by atoms with Crippen molar-refractivity contribution in [3.63, 3.8) is 0 Å². The lowest BCUT2D eigenvalue weighted by molar-refractivity contribution is -0.0293. The van der Waals surface area contributed by atoms with Gasteiger partial charge in [-0.3, -0.25) is 4.84 Å². The van der Waals surface area contributed by atoms with Crippen LogP contribution >= 0.6 is 0 Å². The Hall–Kier alpha value is -0.170. The lowest BCUT2D eigenvalue weighted by atomic mass is 10.0. The molecule has 1 aliphatic carbocycles. The zero-order valence-electron chi connectivity index (χ0n) is 11.1. The quantitative estimate of drug-likeness (QED) is 0.765. The number of hydrogen-bond donors (Lipinski definition) is 1. The Labute approximate surface area is 110 Å². The zero-order chi connectivity index (χ0) is 13.0. The first-order valence-electron chi connectivity index (χ1n) is 6.89. The van der Waals surface area contributed by atoms with E-state index in [1.807, 2.05) is 0 Å². The van der Waals surface area contributed by atoms with Crippen molar-refractivity contribution in [3.05, 3.63) is 0 Å². The second kappa shape index (κ2) is 6.32. The fourth-order valence-corrected chi connectivity index (χ4v) is 3.73. The number of rotatable bonds is 5. The van der Waals surface area contributed by atoms with Gasteiger partial charge in [-0.25, -0.2) is 18.2 Å². The van der Waals surface area contributed by atoms with E-state index in [2.05, 4.69) is 5.48 Å². The molecule has 6 heteroatoms. The Morgan fingerprint density at radius 3 is 2.61 bits per heavy atom. The first-order chi connectivity index (χ1) is 8.55. The monoisotopic (exact) mass is 276 g/mol. The summed E-state index contributed by atoms with van der Waals surface area (Å²) in [5.74, 6) is 0.370. The van der Waals surface area contributed by atoms with E-state index < -0.39 is 10.0 Å². The molecule has 1 N–H and O–H groups in total. The van der Waals surface area contributed by atoms with Crippen LogP contribution in [0.5, 0.6) is 0 Å². The first kappa shape index (κ1) is 14.2. The summed E-state index contributed by atoms with van der Waals surface area (Å²) in [4.78, 5) is 5.61. The molecule has 18 heavy (non-hydrogen) atoms. The van der Waals surface area contributed by atoms with Gasteiger partial charge in [-0.1, -0.05) is 12.8 Å². The largest absolute Gasteiger partial charge is 0.299 e. The Bertz CT molecular complexity index is 352. The molecule has 1 unspecified atom stereocenters. The molecule has 1 saturated heterocycles. The molecule has 5 nitrogen and oxygen atoms in total. The van der Waals surface area contributed by atoms with Gasteiger partial charge in [-0.05, 0) is 31.6 Å². The standard InChI is InChI=1S/C12H24N2O3S/c1-18(15,16)14-8-4-5-11(10-14)9-13-17-12-6-2-3-7-12/h11-13H,2-10H2,1H3. The fourth-order valence-electron chi connectivity index (χ4n) is 2.78. The third-order valence-corrected chi connectivity index (χ3v) is 5.14. The summed E-state index contributed by atoms with van der Waals surface area (Å²) in [6.07, 6.45) is 8.49. The van der Waals surface area contributed by atoms with Crippen molar-refractivity contribution in [2.24, 2.45) is 5.92 Å². The lowest BCUT2D eigenvalue weighted by Gasteiger charge is -2.31. The van der Waals surface area contributed by atoms with E-state index >= 15 is 0 Å². The van der Waals surface area contributed by atoms with Gasteiger partial charge in [0.25, 0.3) is 0 Å². The predicted octanol–water partition coefficient (Wildman–Crippen LogP) is 1.12. The molecule has 0 spiro atoms. The molecule has 2 aliphatic rings. The Morgan fingerprint density at radius 1 is 1.22 bits per heavy atom. The SMILES string of the molecule is CS(=O)(=O)N1CCCC(CNOC2CCCC2)C1. The molecule has 2 rings (SSSR count). The molecule has 1 saturated carbocycles. The van der Waals surface area contributed by atoms with Crippen LogP contribution in [0.1, 0.15) is 38.5 Å². The fraction of sp³-hybridized carbons (Fsp3) is 1.00. The Balaban J connectivity index is 1.69. The van der Waals surface area contributed by atoms with Crippen LogP contribution in [0.2, 0.25) is 0 Å². The van der Waals surface area contributed by atoms with Crippen molar-refractivity contribution in [1.29, 1.82) is 0 Å². The topological polar surface area (TPSA) is 58.6 Å². The molecule has 0 aromatic rings. The first-order valence-corrected chi connectivity index (χ1v) is 8.74. The summed E-state index contributed by atoms with van der Waals surface area (Å²) in [7, 11) is -3.03. The highest BCUT2D eigenvalue weighted by Gasteiger charge is 2.26. The number of hydrogen-bond acceptors (Lipinski definition) is 4. The summed E-state index contributed by atoms with van der Waals surface area (Å²) in [5, 5.41) is 0. The van der Waals surface area contributed by atoms with E-state index in [0.29, 0.717) is 25.1 Å². The molecule has 1 atom stereocenters. The minimum atomic E-state index is -3.03. The van der Waals surface area contributed by atoms with Crippen molar-refractivity contribution < 1.29 is 13.3 Å². The van der Waals surface area contributed by atoms with Crippen molar-refractivity contribution >= 4 is 10.0 Å². The molecular weight excluding hydrogens is 252 g/mol. The number of nitrogens with zero attached hydrogens (tertiary/aromatic N) is 1. The number of nitrogens with one attached hydrogen (secondary N) is 1. The van der Waals surface area contributed by atoms with Crippen LogP contribution in [0.15, 0.2) is 0 Å². The second-order valence-electron chi connectivity index (χ2n) is 5.50. The molecule has 0 aromatic carbocycles. The molecule has 0 aromatic heterocycles. The van der Waals surface area contributed by atoms with E-state index in [4.69, 9.17) is 4.84 Å². The van der Waals surface area contributed by atoms with Crippen LogP contribution in [0.3, 0.4) is 0 Å². The minimum absolute atomic E-state index is 0.361. The van der Waals surface area contributed by atoms with Gasteiger partial charge in [-0.15, -0.1) is 0 Å². The average Bonchev–Trinajstić information content (AvgIpc) is 2.81. The maximum atomic E-state index is 11.5. The van der Waals surface area contributed by atoms with Crippen LogP contribution in [0.4, 0.5) is 0 Å². The Morgan fingerprint density at radius 2 is 1.94 bits per heavy atom. The maximum absolute atomic E-state index is 11.5. The third-order valence-electron chi connectivity index (χ3n) is 3.87. The summed E-state index contributed by atoms with van der Waals surface area (Å²) in [6.45, 7) is 2.04. The summed E-state index contributed by atoms with van der Waals surface area (Å²) in [6, 6.07) is 0. The molecule has 1 heterocycles. The summed E-state index contributed by atoms with van der Waals surface area (Å²) < 4.78 is 24.6. The van der Waals surface area contributed by atoms with Gasteiger partial charge >= 0.3 is 0 Å². The van der Waals surface area contributed by atoms with Gasteiger partial charge in [0, 0.05) is 19.6 Å². The average molecular weight is 276 g/mol. The lowest BCUT2D eigenvalue weighted by Crippen LogP contribution is -2.42. The molecule has 2 fully saturated rings. The van der Waals surface area contributed by atoms with E-state index in [1.165, 1.54) is 19.1 Å².